The number of rotatable bonds is 11. The number of amides is 2. The molecule has 41 heavy (non-hydrogen) atoms. The lowest BCUT2D eigenvalue weighted by Gasteiger charge is -2.38. The molecule has 1 fully saturated rings. The summed E-state index contributed by atoms with van der Waals surface area (Å²) in [6.45, 7) is 7.09. The molecule has 0 saturated carbocycles. The number of likely N-dealkylation sites (tertiary alicyclic amines) is 1. The van der Waals surface area contributed by atoms with E-state index in [1.807, 2.05) is 30.2 Å². The number of anilines is 2. The first-order valence-electron chi connectivity index (χ1n) is 12.9. The monoisotopic (exact) mass is 624 g/mol. The largest absolute Gasteiger partial charge is 0.457 e. The van der Waals surface area contributed by atoms with Crippen LogP contribution in [-0.2, 0) is 23.6 Å². The fraction of sp³-hybridized carbons (Fsp3) is 0.357. The molecule has 2 heterocycles. The zero-order chi connectivity index (χ0) is 27.8. The highest BCUT2D eigenvalue weighted by Crippen LogP contribution is 2.25. The van der Waals surface area contributed by atoms with Crippen molar-refractivity contribution in [2.45, 2.75) is 31.8 Å². The Kier molecular flexibility index (Phi) is 13.0. The van der Waals surface area contributed by atoms with Gasteiger partial charge in [-0.1, -0.05) is 18.2 Å². The summed E-state index contributed by atoms with van der Waals surface area (Å²) in [6, 6.07) is 14.8. The van der Waals surface area contributed by atoms with Crippen molar-refractivity contribution in [3.05, 3.63) is 79.1 Å². The summed E-state index contributed by atoms with van der Waals surface area (Å²) >= 11 is 0. The van der Waals surface area contributed by atoms with Gasteiger partial charge in [0.2, 0.25) is 10.0 Å². The fourth-order valence-corrected chi connectivity index (χ4v) is 5.18. The highest BCUT2D eigenvalue weighted by molar-refractivity contribution is 7.92. The number of piperidine rings is 1. The quantitative estimate of drug-likeness (QED) is 0.273. The summed E-state index contributed by atoms with van der Waals surface area (Å²) in [6.07, 6.45) is 8.96. The average molecular weight is 626 g/mol. The summed E-state index contributed by atoms with van der Waals surface area (Å²) in [5, 5.41) is 7.10. The number of hydrogen-bond donors (Lipinski definition) is 2. The smallest absolute Gasteiger partial charge is 0.322 e. The molecule has 1 saturated heterocycles. The molecule has 0 radical (unpaired) electrons. The van der Waals surface area contributed by atoms with Gasteiger partial charge in [0.1, 0.15) is 11.5 Å². The van der Waals surface area contributed by atoms with Gasteiger partial charge in [-0.2, -0.15) is 5.10 Å². The van der Waals surface area contributed by atoms with Crippen LogP contribution in [0.3, 0.4) is 0 Å². The van der Waals surface area contributed by atoms with E-state index >= 15 is 0 Å². The Morgan fingerprint density at radius 2 is 1.68 bits per heavy atom. The average Bonchev–Trinajstić information content (AvgIpc) is 3.31. The number of nitrogens with zero attached hydrogens (tertiary/aromatic N) is 4. The standard InChI is InChI=1S/C28H36N6O4S.2ClH/c1-4-5-16-34(28(35)30-24-19-29-32(2)21-24)25-14-17-33(18-15-25)20-22-6-10-26(11-7-22)38-27-12-8-23(9-13-27)31-39(3,36)37;;/h4,6-13,19,21,25,31H,1,5,14-18,20H2,2-3H3,(H,30,35);2*1H. The van der Waals surface area contributed by atoms with E-state index in [1.54, 1.807) is 41.3 Å². The van der Waals surface area contributed by atoms with Crippen molar-refractivity contribution < 1.29 is 17.9 Å². The van der Waals surface area contributed by atoms with Crippen LogP contribution in [0.25, 0.3) is 0 Å². The summed E-state index contributed by atoms with van der Waals surface area (Å²) in [5.74, 6) is 1.33. The Morgan fingerprint density at radius 1 is 1.07 bits per heavy atom. The predicted octanol–water partition coefficient (Wildman–Crippen LogP) is 5.50. The molecule has 1 aliphatic heterocycles. The van der Waals surface area contributed by atoms with Crippen LogP contribution in [0.5, 0.6) is 11.5 Å². The van der Waals surface area contributed by atoms with Gasteiger partial charge < -0.3 is 15.0 Å². The highest BCUT2D eigenvalue weighted by Gasteiger charge is 2.28. The van der Waals surface area contributed by atoms with Crippen molar-refractivity contribution >= 4 is 52.2 Å². The molecule has 4 rings (SSSR count). The number of aromatic nitrogens is 2. The zero-order valence-electron chi connectivity index (χ0n) is 23.2. The van der Waals surface area contributed by atoms with Crippen LogP contribution in [0.15, 0.2) is 73.6 Å². The molecular weight excluding hydrogens is 587 g/mol. The third kappa shape index (κ3) is 10.6. The molecule has 1 aliphatic rings. The number of sulfonamides is 1. The number of benzene rings is 2. The number of nitrogens with one attached hydrogen (secondary N) is 2. The van der Waals surface area contributed by atoms with Gasteiger partial charge in [0.15, 0.2) is 0 Å². The number of hydrogen-bond acceptors (Lipinski definition) is 6. The second-order valence-corrected chi connectivity index (χ2v) is 11.5. The molecule has 2 N–H and O–H groups in total. The topological polar surface area (TPSA) is 109 Å². The van der Waals surface area contributed by atoms with Crippen LogP contribution < -0.4 is 14.8 Å². The van der Waals surface area contributed by atoms with E-state index in [2.05, 4.69) is 38.7 Å². The normalized spacial score (nSPS) is 13.8. The first-order valence-corrected chi connectivity index (χ1v) is 14.8. The number of ether oxygens (including phenoxy) is 1. The van der Waals surface area contributed by atoms with E-state index in [9.17, 15) is 13.2 Å². The minimum Gasteiger partial charge on any atom is -0.457 e. The van der Waals surface area contributed by atoms with Gasteiger partial charge >= 0.3 is 6.03 Å². The van der Waals surface area contributed by atoms with Crippen molar-refractivity contribution in [3.63, 3.8) is 0 Å². The van der Waals surface area contributed by atoms with Crippen LogP contribution in [0.2, 0.25) is 0 Å². The number of carbonyl (C=O) groups excluding carboxylic acids is 1. The van der Waals surface area contributed by atoms with Crippen LogP contribution in [0.4, 0.5) is 16.2 Å². The van der Waals surface area contributed by atoms with Gasteiger partial charge in [0.25, 0.3) is 0 Å². The Labute approximate surface area is 254 Å². The van der Waals surface area contributed by atoms with Crippen molar-refractivity contribution in [1.29, 1.82) is 0 Å². The molecule has 1 aromatic heterocycles. The Bertz CT molecular complexity index is 1360. The third-order valence-corrected chi connectivity index (χ3v) is 7.12. The summed E-state index contributed by atoms with van der Waals surface area (Å²) in [4.78, 5) is 17.4. The lowest BCUT2D eigenvalue weighted by molar-refractivity contribution is 0.124. The molecule has 224 valence electrons. The van der Waals surface area contributed by atoms with Crippen molar-refractivity contribution in [3.8, 4) is 11.5 Å². The molecule has 0 atom stereocenters. The number of urea groups is 1. The molecule has 10 nitrogen and oxygen atoms in total. The maximum Gasteiger partial charge on any atom is 0.322 e. The minimum atomic E-state index is -3.31. The molecule has 0 bridgehead atoms. The Morgan fingerprint density at radius 3 is 2.22 bits per heavy atom. The van der Waals surface area contributed by atoms with Gasteiger partial charge in [-0.05, 0) is 61.2 Å². The molecule has 0 aliphatic carbocycles. The van der Waals surface area contributed by atoms with E-state index in [0.717, 1.165) is 45.2 Å². The predicted molar refractivity (Wildman–Crippen MR) is 168 cm³/mol. The Hall–Kier alpha value is -3.25. The van der Waals surface area contributed by atoms with Gasteiger partial charge in [-0.25, -0.2) is 13.2 Å². The van der Waals surface area contributed by atoms with Crippen LogP contribution >= 0.6 is 24.8 Å². The second-order valence-electron chi connectivity index (χ2n) is 9.76. The summed E-state index contributed by atoms with van der Waals surface area (Å²) in [5.41, 5.74) is 2.37. The number of carbonyl (C=O) groups is 1. The number of halogens is 2. The highest BCUT2D eigenvalue weighted by atomic mass is 35.5. The van der Waals surface area contributed by atoms with E-state index in [-0.39, 0.29) is 36.9 Å². The van der Waals surface area contributed by atoms with Crippen molar-refractivity contribution in [2.75, 3.05) is 35.9 Å². The van der Waals surface area contributed by atoms with E-state index < -0.39 is 10.0 Å². The third-order valence-electron chi connectivity index (χ3n) is 6.51. The van der Waals surface area contributed by atoms with E-state index in [0.29, 0.717) is 29.4 Å². The molecular formula is C28H38Cl2N6O4S. The SMILES string of the molecule is C=CCCN(C(=O)Nc1cnn(C)c1)C1CCN(Cc2ccc(Oc3ccc(NS(C)(=O)=O)cc3)cc2)CC1.Cl.Cl. The first kappa shape index (κ1) is 34.0. The van der Waals surface area contributed by atoms with Gasteiger partial charge in [-0.3, -0.25) is 14.3 Å². The Balaban J connectivity index is 0.00000294. The van der Waals surface area contributed by atoms with Crippen LogP contribution in [-0.4, -0.2) is 66.0 Å². The molecule has 13 heteroatoms. The zero-order valence-corrected chi connectivity index (χ0v) is 25.7. The minimum absolute atomic E-state index is 0. The molecule has 0 spiro atoms. The summed E-state index contributed by atoms with van der Waals surface area (Å²) < 4.78 is 32.7. The van der Waals surface area contributed by atoms with Gasteiger partial charge in [0, 0.05) is 51.2 Å². The van der Waals surface area contributed by atoms with Crippen LogP contribution in [0.1, 0.15) is 24.8 Å². The van der Waals surface area contributed by atoms with Crippen molar-refractivity contribution in [2.24, 2.45) is 7.05 Å². The molecule has 2 amide bonds. The van der Waals surface area contributed by atoms with Crippen LogP contribution in [0, 0.1) is 0 Å². The summed E-state index contributed by atoms with van der Waals surface area (Å²) in [7, 11) is -1.49. The first-order chi connectivity index (χ1) is 18.7. The second kappa shape index (κ2) is 15.7. The maximum absolute atomic E-state index is 13.0. The van der Waals surface area contributed by atoms with Gasteiger partial charge in [-0.15, -0.1) is 31.4 Å². The van der Waals surface area contributed by atoms with E-state index in [4.69, 9.17) is 4.74 Å². The lowest BCUT2D eigenvalue weighted by atomic mass is 10.0. The van der Waals surface area contributed by atoms with E-state index in [1.165, 1.54) is 5.56 Å². The number of aryl methyl sites for hydroxylation is 1. The fourth-order valence-electron chi connectivity index (χ4n) is 4.61. The van der Waals surface area contributed by atoms with Crippen molar-refractivity contribution in [1.82, 2.24) is 19.6 Å². The maximum atomic E-state index is 13.0. The molecule has 0 unspecified atom stereocenters. The van der Waals surface area contributed by atoms with Gasteiger partial charge in [0.05, 0.1) is 18.1 Å². The molecule has 3 aromatic rings. The lowest BCUT2D eigenvalue weighted by Crippen LogP contribution is -2.49. The molecule has 2 aromatic carbocycles.